The SMILES string of the molecule is Cc1ccccc1CC(=O)Nc1cc(NC(=O)Nc2c[n+]([C@H]3CCC[C@@H](CN(C)C)C3)no2)cc(C(F)(F)F)c1. The Morgan fingerprint density at radius 2 is 1.80 bits per heavy atom. The highest BCUT2D eigenvalue weighted by Gasteiger charge is 2.33. The number of nitrogens with zero attached hydrogens (tertiary/aromatic N) is 3. The van der Waals surface area contributed by atoms with Crippen LogP contribution in [0.25, 0.3) is 0 Å². The summed E-state index contributed by atoms with van der Waals surface area (Å²) in [6, 6.07) is 9.46. The second-order valence-corrected chi connectivity index (χ2v) is 10.5. The fourth-order valence-electron chi connectivity index (χ4n) is 5.07. The van der Waals surface area contributed by atoms with E-state index < -0.39 is 23.7 Å². The van der Waals surface area contributed by atoms with E-state index >= 15 is 0 Å². The van der Waals surface area contributed by atoms with Gasteiger partial charge in [-0.05, 0) is 73.8 Å². The third kappa shape index (κ3) is 8.04. The first-order valence-electron chi connectivity index (χ1n) is 13.1. The third-order valence-electron chi connectivity index (χ3n) is 6.89. The first kappa shape index (κ1) is 29.1. The van der Waals surface area contributed by atoms with E-state index in [2.05, 4.69) is 26.1 Å². The number of aromatic nitrogens is 2. The Hall–Kier alpha value is -3.93. The number of alkyl halides is 3. The number of rotatable bonds is 8. The molecule has 0 spiro atoms. The van der Waals surface area contributed by atoms with E-state index in [-0.39, 0.29) is 29.7 Å². The van der Waals surface area contributed by atoms with Gasteiger partial charge in [0.1, 0.15) is 0 Å². The lowest BCUT2D eigenvalue weighted by molar-refractivity contribution is -0.788. The molecular formula is C28H34F3N6O3+. The van der Waals surface area contributed by atoms with Crippen LogP contribution in [0.2, 0.25) is 0 Å². The van der Waals surface area contributed by atoms with Gasteiger partial charge >= 0.3 is 18.1 Å². The average molecular weight is 560 g/mol. The number of carbonyl (C=O) groups excluding carboxylic acids is 2. The van der Waals surface area contributed by atoms with E-state index in [9.17, 15) is 22.8 Å². The van der Waals surface area contributed by atoms with E-state index in [4.69, 9.17) is 4.52 Å². The summed E-state index contributed by atoms with van der Waals surface area (Å²) in [6.07, 6.45) is 0.960. The van der Waals surface area contributed by atoms with Gasteiger partial charge in [0, 0.05) is 30.8 Å². The Kier molecular flexibility index (Phi) is 9.08. The molecule has 40 heavy (non-hydrogen) atoms. The Labute approximate surface area is 230 Å². The summed E-state index contributed by atoms with van der Waals surface area (Å²) in [5, 5.41) is 11.4. The minimum Gasteiger partial charge on any atom is -0.326 e. The van der Waals surface area contributed by atoms with Gasteiger partial charge in [0.2, 0.25) is 11.2 Å². The van der Waals surface area contributed by atoms with Crippen molar-refractivity contribution in [2.24, 2.45) is 5.92 Å². The van der Waals surface area contributed by atoms with Crippen LogP contribution in [0.3, 0.4) is 0 Å². The smallest absolute Gasteiger partial charge is 0.326 e. The number of nitrogens with one attached hydrogen (secondary N) is 3. The summed E-state index contributed by atoms with van der Waals surface area (Å²) in [4.78, 5) is 27.3. The maximum absolute atomic E-state index is 13.6. The molecule has 0 aliphatic heterocycles. The summed E-state index contributed by atoms with van der Waals surface area (Å²) in [6.45, 7) is 2.83. The minimum atomic E-state index is -4.69. The van der Waals surface area contributed by atoms with Crippen molar-refractivity contribution < 1.29 is 32.0 Å². The number of hydrogen-bond acceptors (Lipinski definition) is 5. The summed E-state index contributed by atoms with van der Waals surface area (Å²) in [7, 11) is 4.08. The molecule has 1 aliphatic carbocycles. The molecule has 0 unspecified atom stereocenters. The topological polar surface area (TPSA) is 103 Å². The van der Waals surface area contributed by atoms with Crippen molar-refractivity contribution in [3.8, 4) is 0 Å². The zero-order valence-corrected chi connectivity index (χ0v) is 22.7. The molecule has 1 aromatic heterocycles. The van der Waals surface area contributed by atoms with Gasteiger partial charge in [-0.25, -0.2) is 4.79 Å². The predicted octanol–water partition coefficient (Wildman–Crippen LogP) is 5.41. The zero-order valence-electron chi connectivity index (χ0n) is 22.7. The van der Waals surface area contributed by atoms with Gasteiger partial charge in [-0.2, -0.15) is 13.2 Å². The van der Waals surface area contributed by atoms with Crippen LogP contribution >= 0.6 is 0 Å². The summed E-state index contributed by atoms with van der Waals surface area (Å²) in [5.41, 5.74) is 0.399. The summed E-state index contributed by atoms with van der Waals surface area (Å²) in [5.74, 6) is 0.113. The van der Waals surface area contributed by atoms with Crippen molar-refractivity contribution in [1.29, 1.82) is 0 Å². The Bertz CT molecular complexity index is 1340. The molecule has 2 aromatic carbocycles. The number of anilines is 3. The molecule has 1 fully saturated rings. The van der Waals surface area contributed by atoms with Crippen molar-refractivity contribution in [3.05, 3.63) is 65.4 Å². The molecule has 1 aliphatic rings. The van der Waals surface area contributed by atoms with Crippen LogP contribution in [-0.4, -0.2) is 42.7 Å². The molecule has 1 heterocycles. The molecule has 4 rings (SSSR count). The van der Waals surface area contributed by atoms with Crippen LogP contribution in [0.5, 0.6) is 0 Å². The van der Waals surface area contributed by atoms with Gasteiger partial charge in [0.15, 0.2) is 6.04 Å². The number of benzene rings is 2. The standard InChI is InChI=1S/C28H33F3N6O3/c1-18-7-4-5-9-20(18)12-25(38)32-22-13-21(28(29,30)31)14-23(15-22)33-27(39)34-26-17-37(35-40-26)24-10-6-8-19(11-24)16-36(2)3/h4-5,7,9,13-15,17,19,24H,6,8,10-12,16H2,1-3H3,(H2-,32,33,34,35,38,39)/p+1/t19-,24+/m1/s1. The van der Waals surface area contributed by atoms with Crippen molar-refractivity contribution >= 4 is 29.2 Å². The highest BCUT2D eigenvalue weighted by atomic mass is 19.4. The molecule has 1 saturated carbocycles. The van der Waals surface area contributed by atoms with E-state index in [0.29, 0.717) is 5.92 Å². The molecule has 9 nitrogen and oxygen atoms in total. The lowest BCUT2D eigenvalue weighted by atomic mass is 9.85. The van der Waals surface area contributed by atoms with Crippen molar-refractivity contribution in [1.82, 2.24) is 10.2 Å². The second kappa shape index (κ2) is 12.5. The molecule has 0 radical (unpaired) electrons. The Morgan fingerprint density at radius 1 is 1.07 bits per heavy atom. The number of halogens is 3. The average Bonchev–Trinajstić information content (AvgIpc) is 3.33. The first-order valence-corrected chi connectivity index (χ1v) is 13.1. The van der Waals surface area contributed by atoms with Crippen LogP contribution in [0.4, 0.5) is 35.2 Å². The van der Waals surface area contributed by atoms with Gasteiger partial charge in [-0.15, -0.1) is 0 Å². The number of amides is 3. The van der Waals surface area contributed by atoms with E-state index in [1.807, 2.05) is 33.2 Å². The van der Waals surface area contributed by atoms with E-state index in [1.165, 1.54) is 6.07 Å². The van der Waals surface area contributed by atoms with Gasteiger partial charge < -0.3 is 15.5 Å². The molecule has 3 aromatic rings. The molecule has 3 amide bonds. The van der Waals surface area contributed by atoms with Gasteiger partial charge in [0.25, 0.3) is 6.20 Å². The highest BCUT2D eigenvalue weighted by molar-refractivity contribution is 6.00. The fraction of sp³-hybridized carbons (Fsp3) is 0.429. The van der Waals surface area contributed by atoms with Crippen molar-refractivity contribution in [2.75, 3.05) is 36.6 Å². The summed E-state index contributed by atoms with van der Waals surface area (Å²) >= 11 is 0. The minimum absolute atomic E-state index is 0.00541. The van der Waals surface area contributed by atoms with Crippen LogP contribution in [0.15, 0.2) is 53.2 Å². The Balaban J connectivity index is 1.41. The van der Waals surface area contributed by atoms with Crippen LogP contribution < -0.4 is 20.6 Å². The van der Waals surface area contributed by atoms with Crippen LogP contribution in [0, 0.1) is 12.8 Å². The number of carbonyl (C=O) groups is 2. The van der Waals surface area contributed by atoms with E-state index in [0.717, 1.165) is 55.5 Å². The largest absolute Gasteiger partial charge is 0.416 e. The molecule has 214 valence electrons. The monoisotopic (exact) mass is 559 g/mol. The molecule has 0 saturated heterocycles. The maximum Gasteiger partial charge on any atom is 0.416 e. The van der Waals surface area contributed by atoms with Crippen LogP contribution in [0.1, 0.15) is 48.4 Å². The maximum atomic E-state index is 13.6. The van der Waals surface area contributed by atoms with Crippen LogP contribution in [-0.2, 0) is 17.4 Å². The number of aryl methyl sites for hydroxylation is 1. The number of urea groups is 1. The lowest BCUT2D eigenvalue weighted by Crippen LogP contribution is -2.44. The van der Waals surface area contributed by atoms with Crippen molar-refractivity contribution in [3.63, 3.8) is 0 Å². The predicted molar refractivity (Wildman–Crippen MR) is 144 cm³/mol. The van der Waals surface area contributed by atoms with Gasteiger partial charge in [0.05, 0.1) is 12.0 Å². The zero-order chi connectivity index (χ0) is 28.9. The highest BCUT2D eigenvalue weighted by Crippen LogP contribution is 2.34. The lowest BCUT2D eigenvalue weighted by Gasteiger charge is -2.26. The fourth-order valence-corrected chi connectivity index (χ4v) is 5.07. The summed E-state index contributed by atoms with van der Waals surface area (Å²) < 4.78 is 47.7. The molecular weight excluding hydrogens is 525 g/mol. The van der Waals surface area contributed by atoms with Crippen molar-refractivity contribution in [2.45, 2.75) is 51.2 Å². The quantitative estimate of drug-likeness (QED) is 0.321. The van der Waals surface area contributed by atoms with E-state index in [1.54, 1.807) is 23.0 Å². The molecule has 0 bridgehead atoms. The molecule has 2 atom stereocenters. The van der Waals surface area contributed by atoms with Gasteiger partial charge in [-0.1, -0.05) is 24.3 Å². The molecule has 12 heteroatoms. The van der Waals surface area contributed by atoms with Gasteiger partial charge in [-0.3, -0.25) is 14.6 Å². The molecule has 3 N–H and O–H groups in total. The Morgan fingerprint density at radius 3 is 2.50 bits per heavy atom. The number of hydrogen-bond donors (Lipinski definition) is 3. The first-order chi connectivity index (χ1) is 19.0. The second-order valence-electron chi connectivity index (χ2n) is 10.5. The normalized spacial score (nSPS) is 17.5. The third-order valence-corrected chi connectivity index (χ3v) is 6.89.